The highest BCUT2D eigenvalue weighted by molar-refractivity contribution is 6.11. The summed E-state index contributed by atoms with van der Waals surface area (Å²) in [6, 6.07) is 11.6. The highest BCUT2D eigenvalue weighted by atomic mass is 16.1. The molecule has 3 heteroatoms. The van der Waals surface area contributed by atoms with Gasteiger partial charge in [0.1, 0.15) is 5.56 Å². The molecule has 0 unspecified atom stereocenters. The molecule has 0 amide bonds. The van der Waals surface area contributed by atoms with Crippen LogP contribution in [-0.2, 0) is 0 Å². The molecule has 1 aliphatic rings. The lowest BCUT2D eigenvalue weighted by Gasteiger charge is -2.10. The van der Waals surface area contributed by atoms with Gasteiger partial charge in [-0.3, -0.25) is 4.79 Å². The third-order valence-electron chi connectivity index (χ3n) is 3.10. The zero-order valence-electron chi connectivity index (χ0n) is 9.84. The van der Waals surface area contributed by atoms with Crippen molar-refractivity contribution in [2.45, 2.75) is 0 Å². The lowest BCUT2D eigenvalue weighted by Crippen LogP contribution is -2.32. The number of ketones is 1. The average Bonchev–Trinajstić information content (AvgIpc) is 2.64. The molecule has 84 valence electrons. The van der Waals surface area contributed by atoms with Crippen molar-refractivity contribution in [2.75, 3.05) is 19.0 Å². The van der Waals surface area contributed by atoms with E-state index in [2.05, 4.69) is 0 Å². The molecule has 3 rings (SSSR count). The number of benzene rings is 1. The van der Waals surface area contributed by atoms with E-state index in [1.54, 1.807) is 0 Å². The second kappa shape index (κ2) is 3.42. The Balaban J connectivity index is 2.24. The van der Waals surface area contributed by atoms with Crippen LogP contribution in [0.5, 0.6) is 0 Å². The van der Waals surface area contributed by atoms with Crippen molar-refractivity contribution < 1.29 is 9.36 Å². The Kier molecular flexibility index (Phi) is 2.01. The summed E-state index contributed by atoms with van der Waals surface area (Å²) in [6.07, 6.45) is 1.95. The van der Waals surface area contributed by atoms with Gasteiger partial charge in [0.15, 0.2) is 6.20 Å². The van der Waals surface area contributed by atoms with E-state index in [1.165, 1.54) is 0 Å². The van der Waals surface area contributed by atoms with E-state index in [0.717, 1.165) is 22.6 Å². The molecule has 0 aliphatic carbocycles. The van der Waals surface area contributed by atoms with Gasteiger partial charge in [0.05, 0.1) is 0 Å². The van der Waals surface area contributed by atoms with Gasteiger partial charge in [0.25, 0.3) is 11.5 Å². The van der Waals surface area contributed by atoms with Gasteiger partial charge >= 0.3 is 0 Å². The van der Waals surface area contributed by atoms with Crippen LogP contribution in [0.4, 0.5) is 5.69 Å². The largest absolute Gasteiger partial charge is 0.377 e. The van der Waals surface area contributed by atoms with Crippen molar-refractivity contribution in [3.05, 3.63) is 53.9 Å². The van der Waals surface area contributed by atoms with Crippen molar-refractivity contribution in [1.29, 1.82) is 0 Å². The molecule has 2 heterocycles. The van der Waals surface area contributed by atoms with Gasteiger partial charge in [-0.05, 0) is 6.07 Å². The van der Waals surface area contributed by atoms with Crippen molar-refractivity contribution in [1.82, 2.24) is 0 Å². The van der Waals surface area contributed by atoms with Crippen LogP contribution in [0.3, 0.4) is 0 Å². The molecule has 0 spiro atoms. The molecule has 1 aromatic carbocycles. The Hall–Kier alpha value is -2.16. The van der Waals surface area contributed by atoms with Gasteiger partial charge in [-0.1, -0.05) is 12.1 Å². The summed E-state index contributed by atoms with van der Waals surface area (Å²) in [5.74, 6) is 0.101. The summed E-state index contributed by atoms with van der Waals surface area (Å²) >= 11 is 0. The molecular formula is C14H13N2O+. The highest BCUT2D eigenvalue weighted by Crippen LogP contribution is 2.22. The summed E-state index contributed by atoms with van der Waals surface area (Å²) in [4.78, 5) is 14.2. The van der Waals surface area contributed by atoms with E-state index in [-0.39, 0.29) is 5.78 Å². The van der Waals surface area contributed by atoms with E-state index >= 15 is 0 Å². The van der Waals surface area contributed by atoms with Gasteiger partial charge in [0.2, 0.25) is 5.69 Å². The van der Waals surface area contributed by atoms with Gasteiger partial charge in [-0.2, -0.15) is 4.57 Å². The first-order valence-electron chi connectivity index (χ1n) is 5.55. The first-order valence-corrected chi connectivity index (χ1v) is 5.55. The number of aromatic nitrogens is 1. The number of hydrogen-bond acceptors (Lipinski definition) is 2. The molecule has 0 atom stereocenters. The fourth-order valence-electron chi connectivity index (χ4n) is 2.17. The SMILES string of the molecule is CN(C)c1cc[n+]2c(c1)C(=O)c1ccccc1-2. The standard InChI is InChI=1S/C14H13N2O/c1-15(2)10-7-8-16-12-6-4-3-5-11(12)14(17)13(16)9-10/h3-9H,1-2H3/q+1. The Bertz CT molecular complexity index is 617. The molecule has 1 aliphatic heterocycles. The van der Waals surface area contributed by atoms with Crippen LogP contribution >= 0.6 is 0 Å². The summed E-state index contributed by atoms with van der Waals surface area (Å²) < 4.78 is 1.95. The second-order valence-electron chi connectivity index (χ2n) is 4.38. The summed E-state index contributed by atoms with van der Waals surface area (Å²) in [6.45, 7) is 0. The first kappa shape index (κ1) is 10.0. The number of para-hydroxylation sites is 1. The minimum atomic E-state index is 0.101. The van der Waals surface area contributed by atoms with Gasteiger partial charge in [0, 0.05) is 38.0 Å². The minimum Gasteiger partial charge on any atom is -0.377 e. The summed E-state index contributed by atoms with van der Waals surface area (Å²) in [5.41, 5.74) is 3.52. The van der Waals surface area contributed by atoms with Crippen LogP contribution < -0.4 is 9.47 Å². The Morgan fingerprint density at radius 3 is 2.65 bits per heavy atom. The first-order chi connectivity index (χ1) is 8.18. The van der Waals surface area contributed by atoms with Crippen LogP contribution in [0.25, 0.3) is 5.69 Å². The zero-order chi connectivity index (χ0) is 12.0. The summed E-state index contributed by atoms with van der Waals surface area (Å²) in [7, 11) is 3.94. The molecule has 0 saturated heterocycles. The zero-order valence-corrected chi connectivity index (χ0v) is 9.84. The lowest BCUT2D eigenvalue weighted by molar-refractivity contribution is -0.593. The molecule has 3 nitrogen and oxygen atoms in total. The number of fused-ring (bicyclic) bond motifs is 3. The lowest BCUT2D eigenvalue weighted by atomic mass is 10.1. The summed E-state index contributed by atoms with van der Waals surface area (Å²) in [5, 5.41) is 0. The number of carbonyl (C=O) groups excluding carboxylic acids is 1. The predicted molar refractivity (Wildman–Crippen MR) is 65.7 cm³/mol. The molecule has 1 aromatic heterocycles. The molecule has 0 N–H and O–H groups in total. The minimum absolute atomic E-state index is 0.101. The van der Waals surface area contributed by atoms with Crippen LogP contribution in [0, 0.1) is 0 Å². The van der Waals surface area contributed by atoms with E-state index in [0.29, 0.717) is 0 Å². The topological polar surface area (TPSA) is 24.2 Å². The van der Waals surface area contributed by atoms with Crippen LogP contribution in [0.1, 0.15) is 16.1 Å². The maximum absolute atomic E-state index is 12.2. The molecule has 0 radical (unpaired) electrons. The molecular weight excluding hydrogens is 212 g/mol. The number of nitrogens with zero attached hydrogens (tertiary/aromatic N) is 2. The average molecular weight is 225 g/mol. The molecule has 0 saturated carbocycles. The Labute approximate surface area is 99.9 Å². The molecule has 0 bridgehead atoms. The number of rotatable bonds is 1. The number of pyridine rings is 1. The second-order valence-corrected chi connectivity index (χ2v) is 4.38. The molecule has 2 aromatic rings. The van der Waals surface area contributed by atoms with E-state index in [4.69, 9.17) is 0 Å². The third-order valence-corrected chi connectivity index (χ3v) is 3.10. The van der Waals surface area contributed by atoms with Crippen LogP contribution in [0.15, 0.2) is 42.6 Å². The maximum atomic E-state index is 12.2. The van der Waals surface area contributed by atoms with E-state index < -0.39 is 0 Å². The van der Waals surface area contributed by atoms with Crippen molar-refractivity contribution in [3.63, 3.8) is 0 Å². The highest BCUT2D eigenvalue weighted by Gasteiger charge is 2.35. The Morgan fingerprint density at radius 2 is 1.88 bits per heavy atom. The van der Waals surface area contributed by atoms with Crippen molar-refractivity contribution >= 4 is 11.5 Å². The maximum Gasteiger partial charge on any atom is 0.264 e. The van der Waals surface area contributed by atoms with Gasteiger partial charge in [-0.15, -0.1) is 0 Å². The Morgan fingerprint density at radius 1 is 1.12 bits per heavy atom. The number of carbonyl (C=O) groups is 1. The molecule has 0 fully saturated rings. The smallest absolute Gasteiger partial charge is 0.264 e. The van der Waals surface area contributed by atoms with Gasteiger partial charge < -0.3 is 4.90 Å². The van der Waals surface area contributed by atoms with E-state index in [1.807, 2.05) is 66.2 Å². The third kappa shape index (κ3) is 1.35. The van der Waals surface area contributed by atoms with Crippen LogP contribution in [0.2, 0.25) is 0 Å². The van der Waals surface area contributed by atoms with E-state index in [9.17, 15) is 4.79 Å². The normalized spacial score (nSPS) is 12.2. The fraction of sp³-hybridized carbons (Fsp3) is 0.143. The monoisotopic (exact) mass is 225 g/mol. The fourth-order valence-corrected chi connectivity index (χ4v) is 2.17. The van der Waals surface area contributed by atoms with Crippen LogP contribution in [-0.4, -0.2) is 19.9 Å². The quantitative estimate of drug-likeness (QED) is 0.587. The number of hydrogen-bond donors (Lipinski definition) is 0. The number of anilines is 1. The molecule has 17 heavy (non-hydrogen) atoms. The predicted octanol–water partition coefficient (Wildman–Crippen LogP) is 1.57. The van der Waals surface area contributed by atoms with Crippen molar-refractivity contribution in [2.24, 2.45) is 0 Å². The van der Waals surface area contributed by atoms with Gasteiger partial charge in [-0.25, -0.2) is 0 Å². The van der Waals surface area contributed by atoms with Crippen molar-refractivity contribution in [3.8, 4) is 5.69 Å².